The molecule has 0 amide bonds. The Labute approximate surface area is 119 Å². The lowest BCUT2D eigenvalue weighted by atomic mass is 10.0. The Balaban J connectivity index is 2.63. The number of alkyl halides is 3. The van der Waals surface area contributed by atoms with Gasteiger partial charge in [0, 0.05) is 12.0 Å². The third-order valence-corrected chi connectivity index (χ3v) is 3.41. The lowest BCUT2D eigenvalue weighted by molar-refractivity contribution is -0.137. The highest BCUT2D eigenvalue weighted by atomic mass is 32.1. The van der Waals surface area contributed by atoms with Gasteiger partial charge in [0.15, 0.2) is 0 Å². The van der Waals surface area contributed by atoms with Crippen molar-refractivity contribution in [2.45, 2.75) is 26.4 Å². The number of nitrogens with zero attached hydrogens (tertiary/aromatic N) is 1. The van der Waals surface area contributed by atoms with E-state index >= 15 is 0 Å². The number of H-pyrrole nitrogens is 1. The van der Waals surface area contributed by atoms with Crippen LogP contribution >= 0.6 is 12.2 Å². The number of rotatable bonds is 2. The number of hydrogen-bond acceptors (Lipinski definition) is 2. The van der Waals surface area contributed by atoms with Crippen LogP contribution in [0.15, 0.2) is 24.3 Å². The van der Waals surface area contributed by atoms with Crippen LogP contribution in [0.4, 0.5) is 13.2 Å². The Morgan fingerprint density at radius 2 is 2.00 bits per heavy atom. The first-order valence-electron chi connectivity index (χ1n) is 6.10. The van der Waals surface area contributed by atoms with E-state index in [2.05, 4.69) is 9.97 Å². The van der Waals surface area contributed by atoms with Crippen molar-refractivity contribution in [1.29, 1.82) is 0 Å². The highest BCUT2D eigenvalue weighted by Gasteiger charge is 2.30. The van der Waals surface area contributed by atoms with Gasteiger partial charge in [-0.3, -0.25) is 0 Å². The van der Waals surface area contributed by atoms with Crippen molar-refractivity contribution in [1.82, 2.24) is 9.97 Å². The number of halogens is 3. The third-order valence-electron chi connectivity index (χ3n) is 3.02. The van der Waals surface area contributed by atoms with Crippen molar-refractivity contribution in [2.24, 2.45) is 0 Å². The lowest BCUT2D eigenvalue weighted by Crippen LogP contribution is -2.05. The van der Waals surface area contributed by atoms with Crippen LogP contribution in [-0.2, 0) is 12.6 Å². The topological polar surface area (TPSA) is 28.7 Å². The summed E-state index contributed by atoms with van der Waals surface area (Å²) >= 11 is 5.15. The van der Waals surface area contributed by atoms with Gasteiger partial charge in [0.25, 0.3) is 0 Å². The first kappa shape index (κ1) is 14.7. The minimum absolute atomic E-state index is 0.410. The molecule has 0 fully saturated rings. The minimum Gasteiger partial charge on any atom is -0.343 e. The first-order chi connectivity index (χ1) is 9.32. The third kappa shape index (κ3) is 2.90. The summed E-state index contributed by atoms with van der Waals surface area (Å²) in [5, 5.41) is 0. The van der Waals surface area contributed by atoms with E-state index in [1.807, 2.05) is 6.92 Å². The normalized spacial score (nSPS) is 11.7. The van der Waals surface area contributed by atoms with Gasteiger partial charge in [-0.25, -0.2) is 4.98 Å². The summed E-state index contributed by atoms with van der Waals surface area (Å²) in [6, 6.07) is 5.19. The Morgan fingerprint density at radius 1 is 1.30 bits per heavy atom. The van der Waals surface area contributed by atoms with Crippen LogP contribution in [0.1, 0.15) is 23.9 Å². The molecule has 2 rings (SSSR count). The summed E-state index contributed by atoms with van der Waals surface area (Å²) in [7, 11) is 0. The number of aromatic nitrogens is 2. The van der Waals surface area contributed by atoms with Crippen LogP contribution in [0.5, 0.6) is 0 Å². The van der Waals surface area contributed by atoms with Crippen LogP contribution < -0.4 is 0 Å². The molecule has 0 bridgehead atoms. The maximum Gasteiger partial charge on any atom is 0.416 e. The largest absolute Gasteiger partial charge is 0.416 e. The van der Waals surface area contributed by atoms with Gasteiger partial charge in [-0.1, -0.05) is 31.3 Å². The van der Waals surface area contributed by atoms with E-state index < -0.39 is 11.7 Å². The number of aromatic amines is 1. The minimum atomic E-state index is -4.36. The standard InChI is InChI=1S/C14H13F3N2S/c1-3-11-18-12(8(2)13(20)19-11)9-5-4-6-10(7-9)14(15,16)17/h4-7H,3H2,1-2H3,(H,18,19,20). The highest BCUT2D eigenvalue weighted by molar-refractivity contribution is 7.71. The van der Waals surface area contributed by atoms with Crippen LogP contribution in [-0.4, -0.2) is 9.97 Å². The lowest BCUT2D eigenvalue weighted by Gasteiger charge is -2.12. The average Bonchev–Trinajstić information content (AvgIpc) is 2.41. The van der Waals surface area contributed by atoms with E-state index in [0.29, 0.717) is 33.7 Å². The molecule has 0 spiro atoms. The molecule has 0 aliphatic carbocycles. The Bertz CT molecular complexity index is 690. The molecule has 6 heteroatoms. The molecular formula is C14H13F3N2S. The quantitative estimate of drug-likeness (QED) is 0.814. The van der Waals surface area contributed by atoms with Gasteiger partial charge in [-0.05, 0) is 24.6 Å². The van der Waals surface area contributed by atoms with E-state index in [0.717, 1.165) is 12.1 Å². The van der Waals surface area contributed by atoms with Gasteiger partial charge < -0.3 is 4.98 Å². The molecule has 0 aliphatic rings. The molecule has 106 valence electrons. The fraction of sp³-hybridized carbons (Fsp3) is 0.286. The van der Waals surface area contributed by atoms with Crippen molar-refractivity contribution < 1.29 is 13.2 Å². The van der Waals surface area contributed by atoms with E-state index in [4.69, 9.17) is 12.2 Å². The molecule has 20 heavy (non-hydrogen) atoms. The highest BCUT2D eigenvalue weighted by Crippen LogP contribution is 2.32. The van der Waals surface area contributed by atoms with Gasteiger partial charge in [-0.15, -0.1) is 0 Å². The van der Waals surface area contributed by atoms with E-state index in [1.54, 1.807) is 13.0 Å². The SMILES string of the molecule is CCc1nc(=S)c(C)c(-c2cccc(C(F)(F)F)c2)[nH]1. The number of nitrogens with one attached hydrogen (secondary N) is 1. The zero-order valence-electron chi connectivity index (χ0n) is 11.0. The predicted molar refractivity (Wildman–Crippen MR) is 74.0 cm³/mol. The molecule has 1 aromatic heterocycles. The summed E-state index contributed by atoms with van der Waals surface area (Å²) in [5.74, 6) is 0.660. The molecule has 2 nitrogen and oxygen atoms in total. The van der Waals surface area contributed by atoms with Gasteiger partial charge in [0.1, 0.15) is 10.5 Å². The number of aryl methyl sites for hydroxylation is 1. The van der Waals surface area contributed by atoms with Crippen molar-refractivity contribution in [3.8, 4) is 11.3 Å². The molecule has 0 saturated heterocycles. The van der Waals surface area contributed by atoms with Crippen LogP contribution in [0, 0.1) is 11.6 Å². The second kappa shape index (κ2) is 5.36. The maximum atomic E-state index is 12.8. The fourth-order valence-electron chi connectivity index (χ4n) is 1.89. The van der Waals surface area contributed by atoms with Gasteiger partial charge in [0.2, 0.25) is 0 Å². The molecule has 0 atom stereocenters. The zero-order chi connectivity index (χ0) is 14.9. The molecule has 1 N–H and O–H groups in total. The van der Waals surface area contributed by atoms with E-state index in [9.17, 15) is 13.2 Å². The monoisotopic (exact) mass is 298 g/mol. The maximum absolute atomic E-state index is 12.8. The van der Waals surface area contributed by atoms with E-state index in [1.165, 1.54) is 6.07 Å². The second-order valence-electron chi connectivity index (χ2n) is 4.42. The summed E-state index contributed by atoms with van der Waals surface area (Å²) in [6.45, 7) is 3.65. The summed E-state index contributed by atoms with van der Waals surface area (Å²) in [5.41, 5.74) is 1.05. The molecule has 0 unspecified atom stereocenters. The predicted octanol–water partition coefficient (Wildman–Crippen LogP) is 4.70. The molecule has 0 radical (unpaired) electrons. The molecule has 0 aliphatic heterocycles. The van der Waals surface area contributed by atoms with Gasteiger partial charge in [-0.2, -0.15) is 13.2 Å². The smallest absolute Gasteiger partial charge is 0.343 e. The van der Waals surface area contributed by atoms with Crippen molar-refractivity contribution in [3.05, 3.63) is 45.9 Å². The fourth-order valence-corrected chi connectivity index (χ4v) is 2.10. The Morgan fingerprint density at radius 3 is 2.60 bits per heavy atom. The van der Waals surface area contributed by atoms with Crippen LogP contribution in [0.25, 0.3) is 11.3 Å². The zero-order valence-corrected chi connectivity index (χ0v) is 11.8. The first-order valence-corrected chi connectivity index (χ1v) is 6.51. The van der Waals surface area contributed by atoms with Crippen molar-refractivity contribution in [3.63, 3.8) is 0 Å². The molecule has 0 saturated carbocycles. The average molecular weight is 298 g/mol. The second-order valence-corrected chi connectivity index (χ2v) is 4.81. The number of hydrogen-bond donors (Lipinski definition) is 1. The number of benzene rings is 1. The van der Waals surface area contributed by atoms with Crippen LogP contribution in [0.2, 0.25) is 0 Å². The van der Waals surface area contributed by atoms with Crippen LogP contribution in [0.3, 0.4) is 0 Å². The van der Waals surface area contributed by atoms with E-state index in [-0.39, 0.29) is 0 Å². The van der Waals surface area contributed by atoms with Crippen molar-refractivity contribution >= 4 is 12.2 Å². The van der Waals surface area contributed by atoms with Gasteiger partial charge >= 0.3 is 6.18 Å². The summed E-state index contributed by atoms with van der Waals surface area (Å²) < 4.78 is 38.7. The molecular weight excluding hydrogens is 285 g/mol. The summed E-state index contributed by atoms with van der Waals surface area (Å²) in [4.78, 5) is 7.24. The Kier molecular flexibility index (Phi) is 3.94. The molecule has 1 aromatic carbocycles. The molecule has 1 heterocycles. The molecule has 2 aromatic rings. The van der Waals surface area contributed by atoms with Crippen molar-refractivity contribution in [2.75, 3.05) is 0 Å². The Hall–Kier alpha value is -1.69. The summed E-state index contributed by atoms with van der Waals surface area (Å²) in [6.07, 6.45) is -3.72. The van der Waals surface area contributed by atoms with Gasteiger partial charge in [0.05, 0.1) is 11.3 Å².